The SMILES string of the molecule is NC[C@H]1O[C@H](O[C@H]2[C@H](O)[C@@H](O[C@H]3O[C@H](CO)[C@@H](O)[C@H](N)[C@H]3O)[C@H](NC(=O)C3(O)CC3N=C(N)N)C[C@@H]2N)[C@H](NC2CNC2)[C@@H](O)[C@@H]1O. The number of carbonyl (C=O) groups excluding carboxylic acids is 1. The number of aliphatic hydroxyl groups is 7. The molecule has 0 aromatic carbocycles. The molecule has 3 saturated heterocycles. The Kier molecular flexibility index (Phi) is 11.2. The molecule has 3 heterocycles. The minimum absolute atomic E-state index is 0.0772. The number of rotatable bonds is 11. The Labute approximate surface area is 269 Å². The molecule has 0 bridgehead atoms. The van der Waals surface area contributed by atoms with Crippen LogP contribution in [0.2, 0.25) is 0 Å². The highest BCUT2D eigenvalue weighted by Gasteiger charge is 2.61. The molecule has 1 amide bonds. The van der Waals surface area contributed by atoms with E-state index in [1.54, 1.807) is 0 Å². The number of aliphatic hydroxyl groups excluding tert-OH is 6. The van der Waals surface area contributed by atoms with Crippen molar-refractivity contribution in [3.05, 3.63) is 0 Å². The van der Waals surface area contributed by atoms with Gasteiger partial charge in [-0.05, 0) is 6.42 Å². The molecule has 47 heavy (non-hydrogen) atoms. The van der Waals surface area contributed by atoms with Crippen molar-refractivity contribution in [2.75, 3.05) is 26.2 Å². The highest BCUT2D eigenvalue weighted by molar-refractivity contribution is 5.90. The maximum atomic E-state index is 13.2. The molecule has 21 heteroatoms. The van der Waals surface area contributed by atoms with E-state index in [1.165, 1.54) is 0 Å². The lowest BCUT2D eigenvalue weighted by Crippen LogP contribution is -2.72. The number of hydrogen-bond donors (Lipinski definition) is 15. The van der Waals surface area contributed by atoms with Crippen molar-refractivity contribution in [2.24, 2.45) is 33.7 Å². The van der Waals surface area contributed by atoms with E-state index < -0.39 is 116 Å². The lowest BCUT2D eigenvalue weighted by Gasteiger charge is -2.50. The summed E-state index contributed by atoms with van der Waals surface area (Å²) >= 11 is 0. The molecule has 17 atom stereocenters. The first-order chi connectivity index (χ1) is 22.2. The van der Waals surface area contributed by atoms with Gasteiger partial charge in [0.25, 0.3) is 5.91 Å². The summed E-state index contributed by atoms with van der Waals surface area (Å²) in [6.07, 6.45) is -15.6. The number of guanidine groups is 1. The molecular formula is C26H49N9O12. The Morgan fingerprint density at radius 2 is 1.60 bits per heavy atom. The molecule has 0 radical (unpaired) electrons. The van der Waals surface area contributed by atoms with Gasteiger partial charge in [0.05, 0.1) is 30.8 Å². The van der Waals surface area contributed by atoms with Crippen molar-refractivity contribution < 1.29 is 59.5 Å². The van der Waals surface area contributed by atoms with Gasteiger partial charge in [0.2, 0.25) is 0 Å². The van der Waals surface area contributed by atoms with Gasteiger partial charge in [-0.1, -0.05) is 0 Å². The first-order valence-electron chi connectivity index (χ1n) is 15.6. The van der Waals surface area contributed by atoms with Crippen LogP contribution in [0.1, 0.15) is 12.8 Å². The third-order valence-electron chi connectivity index (χ3n) is 9.59. The number of hydrogen-bond acceptors (Lipinski definition) is 18. The van der Waals surface area contributed by atoms with E-state index in [0.717, 1.165) is 0 Å². The fourth-order valence-corrected chi connectivity index (χ4v) is 6.48. The first-order valence-corrected chi connectivity index (χ1v) is 15.6. The molecule has 2 saturated carbocycles. The third-order valence-corrected chi connectivity index (χ3v) is 9.59. The summed E-state index contributed by atoms with van der Waals surface area (Å²) in [6, 6.07) is -5.42. The Morgan fingerprint density at radius 3 is 2.19 bits per heavy atom. The fourth-order valence-electron chi connectivity index (χ4n) is 6.48. The van der Waals surface area contributed by atoms with E-state index in [-0.39, 0.29) is 31.4 Å². The van der Waals surface area contributed by atoms with Crippen LogP contribution in [0.25, 0.3) is 0 Å². The number of ether oxygens (including phenoxy) is 4. The normalized spacial score (nSPS) is 48.7. The topological polar surface area (TPSA) is 374 Å². The lowest BCUT2D eigenvalue weighted by molar-refractivity contribution is -0.321. The molecule has 3 aliphatic heterocycles. The van der Waals surface area contributed by atoms with Crippen LogP contribution < -0.4 is 44.6 Å². The second-order valence-electron chi connectivity index (χ2n) is 13.0. The second kappa shape index (κ2) is 14.5. The highest BCUT2D eigenvalue weighted by Crippen LogP contribution is 2.40. The quantitative estimate of drug-likeness (QED) is 0.0711. The number of aliphatic imine (C=N–C) groups is 1. The summed E-state index contributed by atoms with van der Waals surface area (Å²) < 4.78 is 23.7. The van der Waals surface area contributed by atoms with Gasteiger partial charge in [-0.15, -0.1) is 0 Å². The van der Waals surface area contributed by atoms with Crippen molar-refractivity contribution in [3.8, 4) is 0 Å². The molecule has 5 fully saturated rings. The van der Waals surface area contributed by atoms with Gasteiger partial charge in [-0.2, -0.15) is 0 Å². The molecule has 0 aromatic heterocycles. The lowest BCUT2D eigenvalue weighted by atomic mass is 9.83. The van der Waals surface area contributed by atoms with Crippen LogP contribution in [0.3, 0.4) is 0 Å². The van der Waals surface area contributed by atoms with E-state index in [0.29, 0.717) is 13.1 Å². The van der Waals surface area contributed by atoms with Crippen molar-refractivity contribution in [1.29, 1.82) is 0 Å². The molecule has 0 spiro atoms. The van der Waals surface area contributed by atoms with E-state index in [2.05, 4.69) is 20.9 Å². The molecule has 21 nitrogen and oxygen atoms in total. The van der Waals surface area contributed by atoms with E-state index in [1.807, 2.05) is 0 Å². The van der Waals surface area contributed by atoms with Gasteiger partial charge < -0.3 is 99.3 Å². The Bertz CT molecular complexity index is 1120. The van der Waals surface area contributed by atoms with Crippen LogP contribution >= 0.6 is 0 Å². The molecule has 2 unspecified atom stereocenters. The largest absolute Gasteiger partial charge is 0.394 e. The van der Waals surface area contributed by atoms with Gasteiger partial charge >= 0.3 is 0 Å². The van der Waals surface area contributed by atoms with Crippen LogP contribution in [0.15, 0.2) is 4.99 Å². The maximum Gasteiger partial charge on any atom is 0.254 e. The van der Waals surface area contributed by atoms with Crippen molar-refractivity contribution in [1.82, 2.24) is 16.0 Å². The predicted molar refractivity (Wildman–Crippen MR) is 158 cm³/mol. The minimum Gasteiger partial charge on any atom is -0.394 e. The van der Waals surface area contributed by atoms with Crippen molar-refractivity contribution in [2.45, 2.75) is 122 Å². The van der Waals surface area contributed by atoms with Crippen molar-refractivity contribution in [3.63, 3.8) is 0 Å². The van der Waals surface area contributed by atoms with Gasteiger partial charge in [0.15, 0.2) is 24.1 Å². The zero-order valence-corrected chi connectivity index (χ0v) is 25.6. The summed E-state index contributed by atoms with van der Waals surface area (Å²) in [7, 11) is 0. The van der Waals surface area contributed by atoms with Gasteiger partial charge in [-0.25, -0.2) is 4.99 Å². The van der Waals surface area contributed by atoms with Gasteiger partial charge in [0.1, 0.15) is 54.9 Å². The van der Waals surface area contributed by atoms with Crippen LogP contribution in [-0.2, 0) is 23.7 Å². The maximum absolute atomic E-state index is 13.2. The summed E-state index contributed by atoms with van der Waals surface area (Å²) in [5, 5.41) is 83.8. The smallest absolute Gasteiger partial charge is 0.254 e. The molecule has 5 aliphatic rings. The van der Waals surface area contributed by atoms with Crippen LogP contribution in [0.5, 0.6) is 0 Å². The zero-order chi connectivity index (χ0) is 34.4. The number of nitrogens with zero attached hydrogens (tertiary/aromatic N) is 1. The molecular weight excluding hydrogens is 630 g/mol. The average Bonchev–Trinajstić information content (AvgIpc) is 3.66. The molecule has 5 rings (SSSR count). The summed E-state index contributed by atoms with van der Waals surface area (Å²) in [4.78, 5) is 17.1. The summed E-state index contributed by atoms with van der Waals surface area (Å²) in [6.45, 7) is 0.334. The standard InChI is InChI=1S/C26H49N9O12/c27-3-10-16(38)18(40)14(33-7-4-32-5-7)22(44-10)46-20-8(28)1-9(34-24(42)26(43)2-12(26)35-25(30)31)21(19(20)41)47-23-17(39)13(29)15(37)11(6-36)45-23/h7-23,32-33,36-41,43H,1-6,27-29H2,(H,34,42)(H4,30,31,35)/t8-,9+,10+,11+,12?,13-,14+,15+,16+,17+,18+,19-,20+,21-,22+,23+,26?/m0/s1. The Hall–Kier alpha value is -1.90. The highest BCUT2D eigenvalue weighted by atomic mass is 16.7. The van der Waals surface area contributed by atoms with Crippen LogP contribution in [0, 0.1) is 0 Å². The Morgan fingerprint density at radius 1 is 0.936 bits per heavy atom. The van der Waals surface area contributed by atoms with Crippen LogP contribution in [0.4, 0.5) is 0 Å². The fraction of sp³-hybridized carbons (Fsp3) is 0.923. The van der Waals surface area contributed by atoms with E-state index in [4.69, 9.17) is 47.6 Å². The second-order valence-corrected chi connectivity index (χ2v) is 13.0. The first kappa shape index (κ1) is 36.4. The average molecular weight is 680 g/mol. The van der Waals surface area contributed by atoms with E-state index in [9.17, 15) is 40.5 Å². The minimum atomic E-state index is -1.95. The van der Waals surface area contributed by atoms with Crippen molar-refractivity contribution >= 4 is 11.9 Å². The Balaban J connectivity index is 1.39. The molecule has 2 aliphatic carbocycles. The summed E-state index contributed by atoms with van der Waals surface area (Å²) in [5.74, 6) is -1.21. The number of nitrogens with one attached hydrogen (secondary N) is 3. The summed E-state index contributed by atoms with van der Waals surface area (Å²) in [5.41, 5.74) is 27.1. The predicted octanol–water partition coefficient (Wildman–Crippen LogP) is -9.79. The third kappa shape index (κ3) is 7.35. The number of nitrogens with two attached hydrogens (primary N) is 5. The monoisotopic (exact) mass is 679 g/mol. The van der Waals surface area contributed by atoms with Gasteiger partial charge in [0, 0.05) is 38.1 Å². The van der Waals surface area contributed by atoms with Crippen LogP contribution in [-0.4, -0.2) is 183 Å². The number of amides is 1. The molecule has 0 aromatic rings. The van der Waals surface area contributed by atoms with E-state index >= 15 is 0 Å². The zero-order valence-electron chi connectivity index (χ0n) is 25.6. The molecule has 270 valence electrons. The number of carbonyl (C=O) groups is 1. The molecule has 20 N–H and O–H groups in total. The van der Waals surface area contributed by atoms with Gasteiger partial charge in [-0.3, -0.25) is 4.79 Å².